The zero-order valence-corrected chi connectivity index (χ0v) is 33.3. The summed E-state index contributed by atoms with van der Waals surface area (Å²) >= 11 is 0. The van der Waals surface area contributed by atoms with E-state index in [1.165, 1.54) is 17.7 Å². The second kappa shape index (κ2) is 16.9. The molecule has 2 saturated heterocycles. The molecule has 0 radical (unpaired) electrons. The molecule has 60 heavy (non-hydrogen) atoms. The van der Waals surface area contributed by atoms with E-state index in [-0.39, 0.29) is 36.1 Å². The minimum Gasteiger partial charge on any atom is -0.382 e. The maximum Gasteiger partial charge on any atom is 0.328 e. The number of urea groups is 1. The van der Waals surface area contributed by atoms with Crippen LogP contribution in [0.3, 0.4) is 0 Å². The average molecular weight is 810 g/mol. The van der Waals surface area contributed by atoms with Crippen molar-refractivity contribution in [2.75, 3.05) is 35.2 Å². The van der Waals surface area contributed by atoms with Crippen molar-refractivity contribution in [3.63, 3.8) is 0 Å². The van der Waals surface area contributed by atoms with Gasteiger partial charge >= 0.3 is 6.03 Å². The summed E-state index contributed by atoms with van der Waals surface area (Å²) in [5, 5.41) is 32.8. The fourth-order valence-electron chi connectivity index (χ4n) is 9.06. The SMILES string of the molecule is N#Cc1cnc2c(cnn2-c2cc(NC3CCCC3)c(-c3cn(C4CCC(CC(=O)N5CCC(C(=O)Nc6ccc(N7CCC(=O)NC7=O)cc6)CC5)CC4)nn3)cn2)c1. The molecule has 17 nitrogen and oxygen atoms in total. The van der Waals surface area contributed by atoms with E-state index in [1.54, 1.807) is 47.4 Å². The van der Waals surface area contributed by atoms with Crippen LogP contribution in [0, 0.1) is 23.2 Å². The predicted molar refractivity (Wildman–Crippen MR) is 222 cm³/mol. The van der Waals surface area contributed by atoms with Crippen LogP contribution < -0.4 is 20.9 Å². The van der Waals surface area contributed by atoms with Gasteiger partial charge in [0, 0.05) is 90.9 Å². The van der Waals surface area contributed by atoms with Crippen molar-refractivity contribution in [2.45, 2.75) is 89.1 Å². The van der Waals surface area contributed by atoms with Crippen molar-refractivity contribution in [1.29, 1.82) is 5.26 Å². The first-order valence-corrected chi connectivity index (χ1v) is 21.0. The van der Waals surface area contributed by atoms with Crippen LogP contribution in [0.25, 0.3) is 28.1 Å². The zero-order valence-electron chi connectivity index (χ0n) is 33.3. The van der Waals surface area contributed by atoms with Crippen molar-refractivity contribution in [2.24, 2.45) is 11.8 Å². The molecule has 0 spiro atoms. The van der Waals surface area contributed by atoms with E-state index < -0.39 is 6.03 Å². The molecule has 0 unspecified atom stereocenters. The van der Waals surface area contributed by atoms with Crippen LogP contribution in [0.1, 0.15) is 88.7 Å². The lowest BCUT2D eigenvalue weighted by atomic mass is 9.83. The van der Waals surface area contributed by atoms with Gasteiger partial charge in [-0.2, -0.15) is 15.0 Å². The fraction of sp³-hybridized carbons (Fsp3) is 0.442. The molecule has 0 bridgehead atoms. The van der Waals surface area contributed by atoms with Crippen LogP contribution in [0.4, 0.5) is 21.9 Å². The van der Waals surface area contributed by atoms with Gasteiger partial charge in [-0.15, -0.1) is 5.10 Å². The number of fused-ring (bicyclic) bond motifs is 1. The molecular weight excluding hydrogens is 763 g/mol. The van der Waals surface area contributed by atoms with Crippen LogP contribution >= 0.6 is 0 Å². The number of piperidine rings is 1. The lowest BCUT2D eigenvalue weighted by Gasteiger charge is -2.34. The monoisotopic (exact) mass is 809 g/mol. The standard InChI is InChI=1S/C43H47N13O4/c44-22-28-19-30-24-47-56(41(30)46-23-28)38-21-36(48-31-3-1-2-4-31)35(25-45-38)37-26-55(52-51-37)34-9-5-27(6-10-34)20-40(58)53-16-13-29(14-17-53)42(59)49-32-7-11-33(12-8-32)54-18-15-39(57)50-43(54)60/h7-8,11-12,19,21,23-27,29,31,34H,1-6,9-10,13-18,20H2,(H,45,48)(H,49,59)(H,50,57,60). The molecular formula is C43H47N13O4. The normalized spacial score (nSPS) is 20.2. The maximum absolute atomic E-state index is 13.4. The predicted octanol–water partition coefficient (Wildman–Crippen LogP) is 5.75. The lowest BCUT2D eigenvalue weighted by Crippen LogP contribution is -2.49. The Morgan fingerprint density at radius 3 is 2.43 bits per heavy atom. The molecule has 3 N–H and O–H groups in total. The molecule has 9 rings (SSSR count). The summed E-state index contributed by atoms with van der Waals surface area (Å²) in [6, 6.07) is 13.0. The molecule has 4 aliphatic rings. The Labute approximate surface area is 346 Å². The zero-order chi connectivity index (χ0) is 41.2. The topological polar surface area (TPSA) is 209 Å². The number of nitrogens with zero attached hydrogens (tertiary/aromatic N) is 10. The van der Waals surface area contributed by atoms with E-state index in [9.17, 15) is 24.4 Å². The van der Waals surface area contributed by atoms with Crippen molar-refractivity contribution in [3.05, 3.63) is 66.7 Å². The number of carbonyl (C=O) groups is 4. The lowest BCUT2D eigenvalue weighted by molar-refractivity contribution is -0.135. The molecule has 5 aromatic rings. The van der Waals surface area contributed by atoms with E-state index in [4.69, 9.17) is 4.98 Å². The number of hydrogen-bond donors (Lipinski definition) is 3. The van der Waals surface area contributed by atoms with Gasteiger partial charge < -0.3 is 15.5 Å². The number of amides is 5. The van der Waals surface area contributed by atoms with Crippen molar-refractivity contribution >= 4 is 51.8 Å². The number of benzene rings is 1. The van der Waals surface area contributed by atoms with Gasteiger partial charge in [-0.25, -0.2) is 19.4 Å². The Balaban J connectivity index is 0.767. The number of carbonyl (C=O) groups excluding carboxylic acids is 4. The van der Waals surface area contributed by atoms with Gasteiger partial charge in [-0.3, -0.25) is 24.6 Å². The van der Waals surface area contributed by atoms with Gasteiger partial charge in [-0.1, -0.05) is 18.1 Å². The first kappa shape index (κ1) is 38.8. The summed E-state index contributed by atoms with van der Waals surface area (Å²) in [6.45, 7) is 1.43. The van der Waals surface area contributed by atoms with Gasteiger partial charge in [0.2, 0.25) is 17.7 Å². The molecule has 2 aliphatic heterocycles. The number of nitriles is 1. The maximum atomic E-state index is 13.4. The number of nitrogens with one attached hydrogen (secondary N) is 3. The molecule has 1 aromatic carbocycles. The van der Waals surface area contributed by atoms with E-state index in [2.05, 4.69) is 42.4 Å². The van der Waals surface area contributed by atoms with Gasteiger partial charge in [0.1, 0.15) is 11.8 Å². The number of hydrogen-bond acceptors (Lipinski definition) is 11. The van der Waals surface area contributed by atoms with E-state index in [0.29, 0.717) is 79.3 Å². The summed E-state index contributed by atoms with van der Waals surface area (Å²) in [4.78, 5) is 62.8. The molecule has 4 aromatic heterocycles. The smallest absolute Gasteiger partial charge is 0.328 e. The van der Waals surface area contributed by atoms with Crippen molar-refractivity contribution in [1.82, 2.24) is 45.0 Å². The molecule has 6 heterocycles. The number of pyridine rings is 2. The quantitative estimate of drug-likeness (QED) is 0.155. The number of anilines is 3. The number of likely N-dealkylation sites (tertiary alicyclic amines) is 1. The van der Waals surface area contributed by atoms with E-state index >= 15 is 0 Å². The molecule has 5 amide bonds. The van der Waals surface area contributed by atoms with Gasteiger partial charge in [0.15, 0.2) is 11.5 Å². The largest absolute Gasteiger partial charge is 0.382 e. The van der Waals surface area contributed by atoms with Crippen molar-refractivity contribution < 1.29 is 19.2 Å². The highest BCUT2D eigenvalue weighted by Crippen LogP contribution is 2.36. The minimum absolute atomic E-state index is 0.0718. The third-order valence-electron chi connectivity index (χ3n) is 12.5. The first-order valence-electron chi connectivity index (χ1n) is 21.0. The highest BCUT2D eigenvalue weighted by Gasteiger charge is 2.31. The Bertz CT molecular complexity index is 2450. The molecule has 4 fully saturated rings. The van der Waals surface area contributed by atoms with E-state index in [1.807, 2.05) is 28.0 Å². The highest BCUT2D eigenvalue weighted by atomic mass is 16.2. The third kappa shape index (κ3) is 8.27. The second-order valence-corrected chi connectivity index (χ2v) is 16.4. The molecule has 17 heteroatoms. The number of aromatic nitrogens is 7. The number of imide groups is 1. The molecule has 0 atom stereocenters. The van der Waals surface area contributed by atoms with Gasteiger partial charge in [-0.05, 0) is 87.6 Å². The fourth-order valence-corrected chi connectivity index (χ4v) is 9.06. The third-order valence-corrected chi connectivity index (χ3v) is 12.5. The Morgan fingerprint density at radius 1 is 0.900 bits per heavy atom. The average Bonchev–Trinajstić information content (AvgIpc) is 4.07. The van der Waals surface area contributed by atoms with Crippen LogP contribution in [-0.4, -0.2) is 89.1 Å². The summed E-state index contributed by atoms with van der Waals surface area (Å²) < 4.78 is 3.66. The van der Waals surface area contributed by atoms with E-state index in [0.717, 1.165) is 60.9 Å². The van der Waals surface area contributed by atoms with Crippen molar-refractivity contribution in [3.8, 4) is 23.1 Å². The summed E-state index contributed by atoms with van der Waals surface area (Å²) in [5.41, 5.74) is 4.92. The van der Waals surface area contributed by atoms with Crippen LogP contribution in [0.15, 0.2) is 61.2 Å². The number of rotatable bonds is 10. The minimum atomic E-state index is -0.449. The summed E-state index contributed by atoms with van der Waals surface area (Å²) in [7, 11) is 0. The Kier molecular flexibility index (Phi) is 10.9. The Morgan fingerprint density at radius 2 is 1.68 bits per heavy atom. The first-order chi connectivity index (χ1) is 29.3. The summed E-state index contributed by atoms with van der Waals surface area (Å²) in [6.07, 6.45) is 17.3. The summed E-state index contributed by atoms with van der Waals surface area (Å²) in [5.74, 6) is 0.532. The van der Waals surface area contributed by atoms with Crippen LogP contribution in [-0.2, 0) is 14.4 Å². The molecule has 2 aliphatic carbocycles. The highest BCUT2D eigenvalue weighted by molar-refractivity contribution is 6.05. The van der Waals surface area contributed by atoms with Gasteiger partial charge in [0.05, 0.1) is 24.0 Å². The second-order valence-electron chi connectivity index (χ2n) is 16.4. The molecule has 308 valence electrons. The molecule has 2 saturated carbocycles. The van der Waals surface area contributed by atoms with Crippen LogP contribution in [0.5, 0.6) is 0 Å². The van der Waals surface area contributed by atoms with Crippen LogP contribution in [0.2, 0.25) is 0 Å². The van der Waals surface area contributed by atoms with Gasteiger partial charge in [0.25, 0.3) is 0 Å². The Hall–Kier alpha value is -6.70.